The van der Waals surface area contributed by atoms with E-state index < -0.39 is 27.9 Å². The Morgan fingerprint density at radius 3 is 2.44 bits per heavy atom. The number of carbonyl (C=O) groups excluding carboxylic acids is 2. The van der Waals surface area contributed by atoms with Gasteiger partial charge < -0.3 is 5.32 Å². The van der Waals surface area contributed by atoms with Gasteiger partial charge in [0.1, 0.15) is 15.2 Å². The Morgan fingerprint density at radius 1 is 1.00 bits per heavy atom. The first kappa shape index (κ1) is 25.7. The molecule has 0 bridgehead atoms. The molecule has 1 aromatic heterocycles. The minimum atomic E-state index is -1.34. The lowest BCUT2D eigenvalue weighted by Gasteiger charge is -2.09. The number of halogens is 6. The minimum Gasteiger partial charge on any atom is -0.326 e. The molecule has 3 aromatic carbocycles. The van der Waals surface area contributed by atoms with Crippen LogP contribution >= 0.6 is 69.3 Å². The molecule has 1 amide bonds. The van der Waals surface area contributed by atoms with Crippen molar-refractivity contribution >= 4 is 96.9 Å². The molecule has 1 heterocycles. The number of benzene rings is 3. The Labute approximate surface area is 234 Å². The van der Waals surface area contributed by atoms with E-state index >= 15 is 0 Å². The number of carbonyl (C=O) groups is 2. The lowest BCUT2D eigenvalue weighted by Crippen LogP contribution is -2.17. The third-order valence-corrected chi connectivity index (χ3v) is 8.56. The molecule has 0 saturated heterocycles. The number of Topliss-reactive ketones (excluding diaryl/α,β-unsaturated/α-hetero) is 1. The van der Waals surface area contributed by atoms with Crippen molar-refractivity contribution in [3.8, 4) is 0 Å². The largest absolute Gasteiger partial charge is 0.326 e. The normalized spacial score (nSPS) is 18.3. The van der Waals surface area contributed by atoms with E-state index in [1.165, 1.54) is 35.6 Å². The number of fused-ring (bicyclic) bond motifs is 1. The second-order valence-corrected chi connectivity index (χ2v) is 12.2. The number of rotatable bonds is 6. The Morgan fingerprint density at radius 2 is 1.72 bits per heavy atom. The van der Waals surface area contributed by atoms with E-state index in [1.807, 2.05) is 0 Å². The summed E-state index contributed by atoms with van der Waals surface area (Å²) in [7, 11) is 0. The van der Waals surface area contributed by atoms with Crippen LogP contribution in [0.15, 0.2) is 54.6 Å². The van der Waals surface area contributed by atoms with Gasteiger partial charge in [0.2, 0.25) is 5.91 Å². The van der Waals surface area contributed by atoms with E-state index in [2.05, 4.69) is 10.3 Å². The van der Waals surface area contributed by atoms with Gasteiger partial charge in [0.15, 0.2) is 5.78 Å². The van der Waals surface area contributed by atoms with E-state index in [1.54, 1.807) is 30.3 Å². The minimum absolute atomic E-state index is 0.0230. The van der Waals surface area contributed by atoms with Gasteiger partial charge in [0, 0.05) is 33.3 Å². The number of aromatic nitrogens is 1. The van der Waals surface area contributed by atoms with Gasteiger partial charge in [0.05, 0.1) is 27.6 Å². The molecule has 1 N–H and O–H groups in total. The Balaban J connectivity index is 1.33. The zero-order chi connectivity index (χ0) is 25.8. The summed E-state index contributed by atoms with van der Waals surface area (Å²) in [5.41, 5.74) is 1.72. The highest BCUT2D eigenvalue weighted by molar-refractivity contribution is 7.18. The van der Waals surface area contributed by atoms with Gasteiger partial charge >= 0.3 is 0 Å². The standard InChI is InChI=1S/C25H14Cl5FN2O2S/c26-12-5-11(6-13(27)7-12)22-23(25(22,29)30)24(35)32-15-2-3-17(28)16(9-15)19(34)10-21-33-18-8-14(31)1-4-20(18)36-21/h1-9,22-23H,10H2,(H,32,35). The van der Waals surface area contributed by atoms with Gasteiger partial charge in [-0.1, -0.05) is 34.8 Å². The molecule has 11 heteroatoms. The van der Waals surface area contributed by atoms with Gasteiger partial charge in [-0.25, -0.2) is 9.37 Å². The van der Waals surface area contributed by atoms with Crippen LogP contribution < -0.4 is 5.32 Å². The molecule has 0 aliphatic heterocycles. The number of thiazole rings is 1. The van der Waals surface area contributed by atoms with Gasteiger partial charge in [-0.2, -0.15) is 0 Å². The average Bonchev–Trinajstić information content (AvgIpc) is 3.16. The average molecular weight is 603 g/mol. The summed E-state index contributed by atoms with van der Waals surface area (Å²) in [6.07, 6.45) is -0.0230. The van der Waals surface area contributed by atoms with Crippen LogP contribution in [-0.4, -0.2) is 21.0 Å². The molecular formula is C25H14Cl5FN2O2S. The summed E-state index contributed by atoms with van der Waals surface area (Å²) in [5, 5.41) is 4.34. The van der Waals surface area contributed by atoms with E-state index in [9.17, 15) is 14.0 Å². The highest BCUT2D eigenvalue weighted by Crippen LogP contribution is 2.65. The van der Waals surface area contributed by atoms with Gasteiger partial charge in [-0.15, -0.1) is 34.5 Å². The van der Waals surface area contributed by atoms with Crippen molar-refractivity contribution in [1.82, 2.24) is 4.98 Å². The first-order valence-corrected chi connectivity index (χ1v) is 13.3. The number of hydrogen-bond acceptors (Lipinski definition) is 4. The number of nitrogens with zero attached hydrogens (tertiary/aromatic N) is 1. The van der Waals surface area contributed by atoms with Crippen LogP contribution in [0.4, 0.5) is 10.1 Å². The topological polar surface area (TPSA) is 59.1 Å². The monoisotopic (exact) mass is 600 g/mol. The molecule has 4 aromatic rings. The third-order valence-electron chi connectivity index (χ3n) is 5.82. The van der Waals surface area contributed by atoms with Gasteiger partial charge in [-0.3, -0.25) is 9.59 Å². The van der Waals surface area contributed by atoms with E-state index in [4.69, 9.17) is 58.0 Å². The summed E-state index contributed by atoms with van der Waals surface area (Å²) in [5.74, 6) is -2.37. The fourth-order valence-electron chi connectivity index (χ4n) is 4.12. The molecule has 5 rings (SSSR count). The molecular weight excluding hydrogens is 589 g/mol. The van der Waals surface area contributed by atoms with Crippen molar-refractivity contribution in [2.45, 2.75) is 16.7 Å². The van der Waals surface area contributed by atoms with Crippen LogP contribution in [0.3, 0.4) is 0 Å². The molecule has 4 nitrogen and oxygen atoms in total. The van der Waals surface area contributed by atoms with Crippen molar-refractivity contribution in [2.24, 2.45) is 5.92 Å². The predicted octanol–water partition coefficient (Wildman–Crippen LogP) is 8.35. The number of alkyl halides is 2. The van der Waals surface area contributed by atoms with Gasteiger partial charge in [0.25, 0.3) is 0 Å². The molecule has 1 aliphatic rings. The zero-order valence-corrected chi connectivity index (χ0v) is 22.6. The lowest BCUT2D eigenvalue weighted by molar-refractivity contribution is -0.117. The SMILES string of the molecule is O=C(Cc1nc2cc(F)ccc2s1)c1cc(NC(=O)C2C(c3cc(Cl)cc(Cl)c3)C2(Cl)Cl)ccc1Cl. The maximum absolute atomic E-state index is 13.5. The summed E-state index contributed by atoms with van der Waals surface area (Å²) in [4.78, 5) is 30.4. The third kappa shape index (κ3) is 5.08. The van der Waals surface area contributed by atoms with E-state index in [0.29, 0.717) is 31.8 Å². The Hall–Kier alpha value is -1.93. The van der Waals surface area contributed by atoms with Crippen LogP contribution in [0.2, 0.25) is 15.1 Å². The highest BCUT2D eigenvalue weighted by Gasteiger charge is 2.67. The fraction of sp³-hybridized carbons (Fsp3) is 0.160. The van der Waals surface area contributed by atoms with E-state index in [-0.39, 0.29) is 22.8 Å². The molecule has 36 heavy (non-hydrogen) atoms. The van der Waals surface area contributed by atoms with Crippen LogP contribution in [0, 0.1) is 11.7 Å². The van der Waals surface area contributed by atoms with E-state index in [0.717, 1.165) is 4.70 Å². The number of ketones is 1. The molecule has 2 atom stereocenters. The smallest absolute Gasteiger partial charge is 0.231 e. The number of nitrogens with one attached hydrogen (secondary N) is 1. The van der Waals surface area contributed by atoms with Crippen LogP contribution in [0.5, 0.6) is 0 Å². The number of amides is 1. The molecule has 2 unspecified atom stereocenters. The highest BCUT2D eigenvalue weighted by atomic mass is 35.5. The van der Waals surface area contributed by atoms with Crippen LogP contribution in [0.25, 0.3) is 10.2 Å². The number of hydrogen-bond donors (Lipinski definition) is 1. The van der Waals surface area contributed by atoms with Crippen molar-refractivity contribution < 1.29 is 14.0 Å². The molecule has 0 spiro atoms. The van der Waals surface area contributed by atoms with Crippen molar-refractivity contribution in [3.63, 3.8) is 0 Å². The van der Waals surface area contributed by atoms with Crippen LogP contribution in [0.1, 0.15) is 26.8 Å². The Kier molecular flexibility index (Phi) is 6.96. The van der Waals surface area contributed by atoms with Crippen molar-refractivity contribution in [1.29, 1.82) is 0 Å². The van der Waals surface area contributed by atoms with Gasteiger partial charge in [-0.05, 0) is 54.1 Å². The molecule has 184 valence electrons. The lowest BCUT2D eigenvalue weighted by atomic mass is 10.1. The quantitative estimate of drug-likeness (QED) is 0.178. The van der Waals surface area contributed by atoms with Crippen molar-refractivity contribution in [3.05, 3.63) is 91.6 Å². The first-order chi connectivity index (χ1) is 17.0. The molecule has 1 saturated carbocycles. The molecule has 1 fully saturated rings. The summed E-state index contributed by atoms with van der Waals surface area (Å²) in [6, 6.07) is 13.8. The predicted molar refractivity (Wildman–Crippen MR) is 145 cm³/mol. The zero-order valence-electron chi connectivity index (χ0n) is 18.0. The summed E-state index contributed by atoms with van der Waals surface area (Å²) < 4.78 is 12.9. The fourth-order valence-corrected chi connectivity index (χ4v) is 6.66. The Bertz CT molecular complexity index is 1520. The second kappa shape index (κ2) is 9.75. The summed E-state index contributed by atoms with van der Waals surface area (Å²) in [6.45, 7) is 0. The molecule has 1 aliphatic carbocycles. The molecule has 0 radical (unpaired) electrons. The van der Waals surface area contributed by atoms with Crippen LogP contribution in [-0.2, 0) is 11.2 Å². The second-order valence-electron chi connectivity index (χ2n) is 8.34. The maximum Gasteiger partial charge on any atom is 0.231 e. The first-order valence-electron chi connectivity index (χ1n) is 10.6. The van der Waals surface area contributed by atoms with Crippen molar-refractivity contribution in [2.75, 3.05) is 5.32 Å². The maximum atomic E-state index is 13.5. The number of anilines is 1. The summed E-state index contributed by atoms with van der Waals surface area (Å²) >= 11 is 32.6.